The summed E-state index contributed by atoms with van der Waals surface area (Å²) in [6, 6.07) is 15.8. The first kappa shape index (κ1) is 22.5. The van der Waals surface area contributed by atoms with Gasteiger partial charge >= 0.3 is 0 Å². The standard InChI is InChI=1S/C24H21FN2O5S/c1-30-20-7-5-17(12-19(20)27-24(29)15-3-2-4-16(25)11-15)26-23(28)14-33-18-6-8-21-22(13-18)32-10-9-31-21/h2-8,11-13H,9-10,14H2,1H3,(H,26,28)(H,27,29). The van der Waals surface area contributed by atoms with Gasteiger partial charge in [-0.25, -0.2) is 4.39 Å². The van der Waals surface area contributed by atoms with Crippen molar-refractivity contribution < 1.29 is 28.2 Å². The summed E-state index contributed by atoms with van der Waals surface area (Å²) in [6.45, 7) is 1.02. The number of nitrogens with one attached hydrogen (secondary N) is 2. The number of ether oxygens (including phenoxy) is 3. The van der Waals surface area contributed by atoms with Crippen LogP contribution >= 0.6 is 11.8 Å². The summed E-state index contributed by atoms with van der Waals surface area (Å²) in [5, 5.41) is 5.50. The molecule has 4 rings (SSSR count). The average molecular weight is 469 g/mol. The Morgan fingerprint density at radius 3 is 2.61 bits per heavy atom. The van der Waals surface area contributed by atoms with E-state index in [1.165, 1.54) is 37.1 Å². The van der Waals surface area contributed by atoms with E-state index in [0.29, 0.717) is 41.8 Å². The van der Waals surface area contributed by atoms with E-state index >= 15 is 0 Å². The van der Waals surface area contributed by atoms with Crippen LogP contribution in [0.15, 0.2) is 65.6 Å². The zero-order chi connectivity index (χ0) is 23.2. The summed E-state index contributed by atoms with van der Waals surface area (Å²) in [6.07, 6.45) is 0. The first-order valence-electron chi connectivity index (χ1n) is 10.1. The van der Waals surface area contributed by atoms with Crippen molar-refractivity contribution in [2.24, 2.45) is 0 Å². The molecule has 1 heterocycles. The highest BCUT2D eigenvalue weighted by Gasteiger charge is 2.14. The molecule has 170 valence electrons. The first-order chi connectivity index (χ1) is 16.0. The molecule has 7 nitrogen and oxygen atoms in total. The molecule has 0 aliphatic carbocycles. The van der Waals surface area contributed by atoms with Gasteiger partial charge in [0.25, 0.3) is 5.91 Å². The summed E-state index contributed by atoms with van der Waals surface area (Å²) in [4.78, 5) is 25.8. The zero-order valence-corrected chi connectivity index (χ0v) is 18.5. The summed E-state index contributed by atoms with van der Waals surface area (Å²) in [5.41, 5.74) is 1.00. The number of hydrogen-bond acceptors (Lipinski definition) is 6. The van der Waals surface area contributed by atoms with Crippen molar-refractivity contribution in [2.45, 2.75) is 4.90 Å². The fourth-order valence-corrected chi connectivity index (χ4v) is 3.89. The number of anilines is 2. The molecule has 0 aromatic heterocycles. The van der Waals surface area contributed by atoms with Crippen molar-refractivity contribution in [1.82, 2.24) is 0 Å². The molecular formula is C24H21FN2O5S. The number of amides is 2. The number of thioether (sulfide) groups is 1. The third kappa shape index (κ3) is 5.75. The summed E-state index contributed by atoms with van der Waals surface area (Å²) in [5.74, 6) is 0.723. The van der Waals surface area contributed by atoms with E-state index in [1.807, 2.05) is 18.2 Å². The van der Waals surface area contributed by atoms with E-state index in [9.17, 15) is 14.0 Å². The van der Waals surface area contributed by atoms with Gasteiger partial charge in [-0.1, -0.05) is 6.07 Å². The van der Waals surface area contributed by atoms with Crippen LogP contribution in [0.2, 0.25) is 0 Å². The number of fused-ring (bicyclic) bond motifs is 1. The number of rotatable bonds is 7. The lowest BCUT2D eigenvalue weighted by molar-refractivity contribution is -0.113. The van der Waals surface area contributed by atoms with Crippen LogP contribution in [-0.2, 0) is 4.79 Å². The molecule has 1 aliphatic heterocycles. The monoisotopic (exact) mass is 468 g/mol. The fraction of sp³-hybridized carbons (Fsp3) is 0.167. The van der Waals surface area contributed by atoms with Crippen LogP contribution in [0.1, 0.15) is 10.4 Å². The molecule has 3 aromatic rings. The Balaban J connectivity index is 1.39. The summed E-state index contributed by atoms with van der Waals surface area (Å²) in [7, 11) is 1.47. The number of methoxy groups -OCH3 is 1. The molecule has 0 fully saturated rings. The van der Waals surface area contributed by atoms with Crippen LogP contribution in [0.3, 0.4) is 0 Å². The quantitative estimate of drug-likeness (QED) is 0.494. The fourth-order valence-electron chi connectivity index (χ4n) is 3.17. The Morgan fingerprint density at radius 2 is 1.82 bits per heavy atom. The lowest BCUT2D eigenvalue weighted by atomic mass is 10.2. The lowest BCUT2D eigenvalue weighted by Crippen LogP contribution is -2.16. The second-order valence-electron chi connectivity index (χ2n) is 7.02. The lowest BCUT2D eigenvalue weighted by Gasteiger charge is -2.18. The smallest absolute Gasteiger partial charge is 0.255 e. The minimum atomic E-state index is -0.508. The van der Waals surface area contributed by atoms with Crippen LogP contribution in [-0.4, -0.2) is 37.9 Å². The number of benzene rings is 3. The number of carbonyl (C=O) groups is 2. The Morgan fingerprint density at radius 1 is 1.00 bits per heavy atom. The predicted octanol–water partition coefficient (Wildman–Crippen LogP) is 4.59. The highest BCUT2D eigenvalue weighted by molar-refractivity contribution is 8.00. The first-order valence-corrected chi connectivity index (χ1v) is 11.1. The van der Waals surface area contributed by atoms with Gasteiger partial charge in [0.1, 0.15) is 24.8 Å². The topological polar surface area (TPSA) is 85.9 Å². The van der Waals surface area contributed by atoms with Gasteiger partial charge in [-0.05, 0) is 54.6 Å². The van der Waals surface area contributed by atoms with Crippen LogP contribution in [0.4, 0.5) is 15.8 Å². The average Bonchev–Trinajstić information content (AvgIpc) is 2.83. The van der Waals surface area contributed by atoms with E-state index in [0.717, 1.165) is 11.0 Å². The van der Waals surface area contributed by atoms with Crippen LogP contribution in [0.25, 0.3) is 0 Å². The molecule has 0 bridgehead atoms. The van der Waals surface area contributed by atoms with Crippen molar-refractivity contribution in [2.75, 3.05) is 36.7 Å². The van der Waals surface area contributed by atoms with Gasteiger partial charge in [0.2, 0.25) is 5.91 Å². The van der Waals surface area contributed by atoms with Gasteiger partial charge < -0.3 is 24.8 Å². The van der Waals surface area contributed by atoms with E-state index in [1.54, 1.807) is 18.2 Å². The number of hydrogen-bond donors (Lipinski definition) is 2. The number of carbonyl (C=O) groups excluding carboxylic acids is 2. The van der Waals surface area contributed by atoms with Crippen LogP contribution in [0.5, 0.6) is 17.2 Å². The van der Waals surface area contributed by atoms with E-state index in [2.05, 4.69) is 10.6 Å². The normalized spacial score (nSPS) is 12.1. The largest absolute Gasteiger partial charge is 0.495 e. The summed E-state index contributed by atoms with van der Waals surface area (Å²) >= 11 is 1.36. The van der Waals surface area contributed by atoms with Gasteiger partial charge in [-0.3, -0.25) is 9.59 Å². The van der Waals surface area contributed by atoms with Gasteiger partial charge in [-0.2, -0.15) is 0 Å². The van der Waals surface area contributed by atoms with E-state index in [-0.39, 0.29) is 17.2 Å². The maximum Gasteiger partial charge on any atom is 0.255 e. The van der Waals surface area contributed by atoms with Gasteiger partial charge in [0.15, 0.2) is 11.5 Å². The molecule has 1 aliphatic rings. The molecular weight excluding hydrogens is 447 g/mol. The minimum absolute atomic E-state index is 0.169. The minimum Gasteiger partial charge on any atom is -0.495 e. The molecule has 33 heavy (non-hydrogen) atoms. The van der Waals surface area contributed by atoms with Gasteiger partial charge in [0, 0.05) is 16.1 Å². The van der Waals surface area contributed by atoms with E-state index in [4.69, 9.17) is 14.2 Å². The molecule has 3 aromatic carbocycles. The Labute approximate surface area is 194 Å². The molecule has 0 saturated carbocycles. The van der Waals surface area contributed by atoms with Crippen molar-refractivity contribution in [3.05, 3.63) is 72.0 Å². The third-order valence-electron chi connectivity index (χ3n) is 4.70. The second-order valence-corrected chi connectivity index (χ2v) is 8.07. The second kappa shape index (κ2) is 10.3. The molecule has 0 saturated heterocycles. The van der Waals surface area contributed by atoms with Gasteiger partial charge in [0.05, 0.1) is 18.6 Å². The van der Waals surface area contributed by atoms with Crippen molar-refractivity contribution in [3.63, 3.8) is 0 Å². The number of halogens is 1. The highest BCUT2D eigenvalue weighted by Crippen LogP contribution is 2.34. The molecule has 0 spiro atoms. The predicted molar refractivity (Wildman–Crippen MR) is 124 cm³/mol. The Bertz CT molecular complexity index is 1190. The molecule has 0 unspecified atom stereocenters. The van der Waals surface area contributed by atoms with Crippen LogP contribution in [0, 0.1) is 5.82 Å². The van der Waals surface area contributed by atoms with Crippen molar-refractivity contribution in [3.8, 4) is 17.2 Å². The van der Waals surface area contributed by atoms with Crippen molar-refractivity contribution in [1.29, 1.82) is 0 Å². The third-order valence-corrected chi connectivity index (χ3v) is 5.70. The molecule has 0 atom stereocenters. The summed E-state index contributed by atoms with van der Waals surface area (Å²) < 4.78 is 29.8. The molecule has 2 N–H and O–H groups in total. The maximum atomic E-state index is 13.4. The Kier molecular flexibility index (Phi) is 6.99. The van der Waals surface area contributed by atoms with E-state index < -0.39 is 11.7 Å². The zero-order valence-electron chi connectivity index (χ0n) is 17.7. The van der Waals surface area contributed by atoms with Gasteiger partial charge in [-0.15, -0.1) is 11.8 Å². The van der Waals surface area contributed by atoms with Crippen LogP contribution < -0.4 is 24.8 Å². The molecule has 9 heteroatoms. The molecule has 0 radical (unpaired) electrons. The Hall–Kier alpha value is -3.72. The van der Waals surface area contributed by atoms with Crippen molar-refractivity contribution >= 4 is 35.0 Å². The SMILES string of the molecule is COc1ccc(NC(=O)CSc2ccc3c(c2)OCCO3)cc1NC(=O)c1cccc(F)c1. The molecule has 2 amide bonds. The maximum absolute atomic E-state index is 13.4. The highest BCUT2D eigenvalue weighted by atomic mass is 32.2.